The van der Waals surface area contributed by atoms with Crippen molar-refractivity contribution >= 4 is 9.98 Å². The van der Waals surface area contributed by atoms with Gasteiger partial charge in [0.2, 0.25) is 0 Å². The first-order valence-corrected chi connectivity index (χ1v) is 25.4. The molecule has 0 nitrogen and oxygen atoms in total. The fourth-order valence-corrected chi connectivity index (χ4v) is 40.5. The predicted octanol–water partition coefficient (Wildman–Crippen LogP) is 1.59. The molecule has 0 aliphatic heterocycles. The normalized spacial score (nSPS) is 31.0. The molecule has 0 saturated carbocycles. The van der Waals surface area contributed by atoms with Gasteiger partial charge in [0, 0.05) is 0 Å². The van der Waals surface area contributed by atoms with Gasteiger partial charge in [0.25, 0.3) is 0 Å². The van der Waals surface area contributed by atoms with Gasteiger partial charge in [0.15, 0.2) is 0 Å². The molecule has 4 rings (SSSR count). The second-order valence-electron chi connectivity index (χ2n) is 9.65. The van der Waals surface area contributed by atoms with Crippen molar-refractivity contribution in [3.63, 3.8) is 0 Å². The summed E-state index contributed by atoms with van der Waals surface area (Å²) in [4.78, 5) is 0. The van der Waals surface area contributed by atoms with Crippen LogP contribution in [-0.4, -0.2) is 9.98 Å². The Morgan fingerprint density at radius 3 is 1.54 bits per heavy atom. The number of hydrogen-bond acceptors (Lipinski definition) is 0. The van der Waals surface area contributed by atoms with Gasteiger partial charge >= 0.3 is 171 Å². The zero-order valence-corrected chi connectivity index (χ0v) is 24.5. The Bertz CT molecular complexity index is 735. The van der Waals surface area contributed by atoms with Gasteiger partial charge in [-0.1, -0.05) is 0 Å². The molecule has 0 bridgehead atoms. The third kappa shape index (κ3) is 4.31. The summed E-state index contributed by atoms with van der Waals surface area (Å²) in [6.07, 6.45) is 13.9. The van der Waals surface area contributed by atoms with Crippen LogP contribution in [0.15, 0.2) is 45.6 Å². The molecule has 4 aliphatic carbocycles. The van der Waals surface area contributed by atoms with Gasteiger partial charge in [-0.3, -0.25) is 0 Å². The summed E-state index contributed by atoms with van der Waals surface area (Å²) >= 11 is -1.59. The molecule has 0 aromatic heterocycles. The molecule has 0 heterocycles. The molecule has 0 spiro atoms. The van der Waals surface area contributed by atoms with Crippen LogP contribution in [0.25, 0.3) is 0 Å². The van der Waals surface area contributed by atoms with Gasteiger partial charge in [-0.05, 0) is 0 Å². The fraction of sp³-hybridized carbons (Fsp3) is 0.667. The van der Waals surface area contributed by atoms with Crippen LogP contribution < -0.4 is 24.8 Å². The predicted molar refractivity (Wildman–Crippen MR) is 113 cm³/mol. The second-order valence-corrected chi connectivity index (χ2v) is 38.9. The van der Waals surface area contributed by atoms with Crippen molar-refractivity contribution in [3.8, 4) is 0 Å². The Morgan fingerprint density at radius 2 is 1.18 bits per heavy atom. The Labute approximate surface area is 194 Å². The average molecular weight is 559 g/mol. The summed E-state index contributed by atoms with van der Waals surface area (Å²) in [6, 6.07) is 0. The van der Waals surface area contributed by atoms with Crippen LogP contribution in [0.4, 0.5) is 0 Å². The maximum atomic E-state index is 2.74. The minimum Gasteiger partial charge on any atom is -1.00 e. The summed E-state index contributed by atoms with van der Waals surface area (Å²) in [7, 11) is -0.900. The zero-order valence-electron chi connectivity index (χ0n) is 18.5. The second kappa shape index (κ2) is 10.1. The van der Waals surface area contributed by atoms with E-state index in [1.165, 1.54) is 38.5 Å². The van der Waals surface area contributed by atoms with Crippen LogP contribution >= 0.6 is 0 Å². The average Bonchev–Trinajstić information content (AvgIpc) is 3.09. The van der Waals surface area contributed by atoms with E-state index in [2.05, 4.69) is 51.4 Å². The third-order valence-electron chi connectivity index (χ3n) is 7.54. The first-order valence-electron chi connectivity index (χ1n) is 10.9. The molecule has 0 fully saturated rings. The van der Waals surface area contributed by atoms with Crippen LogP contribution in [0.2, 0.25) is 18.8 Å². The quantitative estimate of drug-likeness (QED) is 0.452. The van der Waals surface area contributed by atoms with E-state index in [-0.39, 0.29) is 24.8 Å². The van der Waals surface area contributed by atoms with Crippen molar-refractivity contribution < 1.29 is 43.4 Å². The molecule has 4 unspecified atom stereocenters. The van der Waals surface area contributed by atoms with Crippen molar-refractivity contribution in [2.75, 3.05) is 0 Å². The molecule has 0 aromatic carbocycles. The van der Waals surface area contributed by atoms with Gasteiger partial charge in [-0.2, -0.15) is 0 Å². The van der Waals surface area contributed by atoms with Gasteiger partial charge in [0.1, 0.15) is 0 Å². The van der Waals surface area contributed by atoms with Gasteiger partial charge in [-0.25, -0.2) is 0 Å². The number of halogens is 2. The van der Waals surface area contributed by atoms with E-state index in [9.17, 15) is 0 Å². The number of allylic oxidation sites excluding steroid dienone is 8. The Morgan fingerprint density at radius 1 is 0.786 bits per heavy atom. The molecule has 4 atom stereocenters. The van der Waals surface area contributed by atoms with Crippen molar-refractivity contribution in [3.05, 3.63) is 45.6 Å². The SMILES string of the molecule is CC1=CC2=C(CCCC2C)[CH]1[Zr+2]([CH]1C(C)=CC2=C1CCCC2C)=[Ge]([CH3])[CH3].[Cl-].[Cl-]. The van der Waals surface area contributed by atoms with Crippen LogP contribution in [0.3, 0.4) is 0 Å². The summed E-state index contributed by atoms with van der Waals surface area (Å²) in [5.74, 6) is 7.13. The van der Waals surface area contributed by atoms with Crippen molar-refractivity contribution in [2.45, 2.75) is 85.0 Å². The first kappa shape index (κ1) is 25.2. The van der Waals surface area contributed by atoms with Gasteiger partial charge in [-0.15, -0.1) is 0 Å². The van der Waals surface area contributed by atoms with Crippen LogP contribution in [0.5, 0.6) is 0 Å². The Hall–Kier alpha value is 0.966. The molecule has 0 radical (unpaired) electrons. The van der Waals surface area contributed by atoms with E-state index in [1.807, 2.05) is 11.1 Å². The smallest absolute Gasteiger partial charge is 1.00 e. The molecule has 154 valence electrons. The maximum absolute atomic E-state index is 2.74. The molecular formula is C24H36Cl2GeZr. The Balaban J connectivity index is 0.00000140. The molecule has 28 heavy (non-hydrogen) atoms. The monoisotopic (exact) mass is 558 g/mol. The standard InChI is InChI=1S/2C11H15.C2H6Ge.2ClH.Zr/c2*1-8-6-10-5-3-4-9(2)11(10)7-8;1-3-2;;;/h2*6-7,9H,3-5H2,1-2H3;1-2H3;2*1H;/q;;;;;+2/p-2. The van der Waals surface area contributed by atoms with Crippen LogP contribution in [-0.2, 0) is 18.6 Å². The first-order chi connectivity index (χ1) is 12.4. The van der Waals surface area contributed by atoms with E-state index >= 15 is 0 Å². The zero-order chi connectivity index (χ0) is 18.6. The topological polar surface area (TPSA) is 0 Å². The summed E-state index contributed by atoms with van der Waals surface area (Å²) in [5.41, 5.74) is 11.1. The number of hydrogen-bond donors (Lipinski definition) is 0. The van der Waals surface area contributed by atoms with Crippen LogP contribution in [0, 0.1) is 11.8 Å². The minimum absolute atomic E-state index is 0. The van der Waals surface area contributed by atoms with E-state index < -0.39 is 28.6 Å². The summed E-state index contributed by atoms with van der Waals surface area (Å²) in [5, 5.41) is 0. The number of rotatable bonds is 2. The third-order valence-corrected chi connectivity index (χ3v) is 38.9. The van der Waals surface area contributed by atoms with Crippen molar-refractivity contribution in [2.24, 2.45) is 11.8 Å². The Kier molecular flexibility index (Phi) is 9.06. The molecule has 0 aromatic rings. The molecule has 4 heteroatoms. The van der Waals surface area contributed by atoms with E-state index in [0.29, 0.717) is 0 Å². The molecule has 0 N–H and O–H groups in total. The van der Waals surface area contributed by atoms with Crippen molar-refractivity contribution in [1.29, 1.82) is 0 Å². The summed E-state index contributed by atoms with van der Waals surface area (Å²) < 4.78 is 1.94. The molecule has 0 amide bonds. The van der Waals surface area contributed by atoms with E-state index in [4.69, 9.17) is 0 Å². The summed E-state index contributed by atoms with van der Waals surface area (Å²) in [6.45, 7) is 9.99. The maximum Gasteiger partial charge on any atom is -1.00 e. The van der Waals surface area contributed by atoms with E-state index in [0.717, 1.165) is 19.1 Å². The van der Waals surface area contributed by atoms with Crippen LogP contribution in [0.1, 0.15) is 66.2 Å². The van der Waals surface area contributed by atoms with Gasteiger partial charge in [0.05, 0.1) is 0 Å². The molecular weight excluding hydrogens is 523 g/mol. The largest absolute Gasteiger partial charge is 1.00 e. The molecule has 4 aliphatic rings. The van der Waals surface area contributed by atoms with Gasteiger partial charge < -0.3 is 24.8 Å². The van der Waals surface area contributed by atoms with E-state index in [1.54, 1.807) is 22.3 Å². The minimum atomic E-state index is -1.59. The fourth-order valence-electron chi connectivity index (χ4n) is 6.34. The molecule has 0 saturated heterocycles. The van der Waals surface area contributed by atoms with Crippen molar-refractivity contribution in [1.82, 2.24) is 0 Å².